The molecule has 1 aliphatic heterocycles. The molecule has 3 heterocycles. The molecule has 0 radical (unpaired) electrons. The first-order valence-electron chi connectivity index (χ1n) is 12.4. The number of benzene rings is 1. The number of aromatic nitrogens is 4. The van der Waals surface area contributed by atoms with Gasteiger partial charge in [0.25, 0.3) is 0 Å². The summed E-state index contributed by atoms with van der Waals surface area (Å²) in [5.74, 6) is 2.22. The van der Waals surface area contributed by atoms with Crippen molar-refractivity contribution in [1.82, 2.24) is 24.6 Å². The maximum atomic E-state index is 12.7. The van der Waals surface area contributed by atoms with E-state index < -0.39 is 6.10 Å². The Labute approximate surface area is 203 Å². The second kappa shape index (κ2) is 10.6. The van der Waals surface area contributed by atoms with Crippen LogP contribution in [0.15, 0.2) is 36.7 Å². The topological polar surface area (TPSA) is 126 Å². The highest BCUT2D eigenvalue weighted by atomic mass is 16.5. The molecule has 1 saturated heterocycles. The van der Waals surface area contributed by atoms with Gasteiger partial charge in [-0.05, 0) is 50.7 Å². The molecule has 2 aromatic heterocycles. The SMILES string of the molecule is O=C(C1CCC(Nc2nccc(-n3ncc4c(OC[C@@H](O)CO)cccc43)n2)CC1)N1CCCC1. The number of ether oxygens (including phenoxy) is 1. The second-order valence-corrected chi connectivity index (χ2v) is 9.36. The van der Waals surface area contributed by atoms with E-state index in [1.54, 1.807) is 29.2 Å². The summed E-state index contributed by atoms with van der Waals surface area (Å²) in [7, 11) is 0. The van der Waals surface area contributed by atoms with Gasteiger partial charge in [0.05, 0.1) is 23.7 Å². The number of anilines is 1. The van der Waals surface area contributed by atoms with Crippen LogP contribution in [0.5, 0.6) is 5.75 Å². The summed E-state index contributed by atoms with van der Waals surface area (Å²) in [6.45, 7) is 1.46. The third kappa shape index (κ3) is 5.23. The molecular formula is C25H32N6O4. The largest absolute Gasteiger partial charge is 0.490 e. The van der Waals surface area contributed by atoms with E-state index in [9.17, 15) is 9.90 Å². The number of aliphatic hydroxyl groups is 2. The van der Waals surface area contributed by atoms with Crippen molar-refractivity contribution in [2.45, 2.75) is 50.7 Å². The van der Waals surface area contributed by atoms with Crippen LogP contribution in [-0.2, 0) is 4.79 Å². The number of likely N-dealkylation sites (tertiary alicyclic amines) is 1. The van der Waals surface area contributed by atoms with E-state index in [0.717, 1.165) is 62.5 Å². The van der Waals surface area contributed by atoms with E-state index in [1.165, 1.54) is 0 Å². The fourth-order valence-electron chi connectivity index (χ4n) is 4.97. The Hall–Kier alpha value is -3.24. The molecule has 0 bridgehead atoms. The molecule has 10 nitrogen and oxygen atoms in total. The Bertz CT molecular complexity index is 1150. The first-order chi connectivity index (χ1) is 17.1. The number of fused-ring (bicyclic) bond motifs is 1. The minimum Gasteiger partial charge on any atom is -0.490 e. The highest BCUT2D eigenvalue weighted by molar-refractivity contribution is 5.86. The summed E-state index contributed by atoms with van der Waals surface area (Å²) < 4.78 is 7.39. The fourth-order valence-corrected chi connectivity index (χ4v) is 4.97. The molecule has 2 fully saturated rings. The van der Waals surface area contributed by atoms with Gasteiger partial charge in [0, 0.05) is 37.3 Å². The average Bonchev–Trinajstić information content (AvgIpc) is 3.58. The minimum atomic E-state index is -0.941. The quantitative estimate of drug-likeness (QED) is 0.448. The molecule has 3 N–H and O–H groups in total. The fraction of sp³-hybridized carbons (Fsp3) is 0.520. The number of rotatable bonds is 8. The smallest absolute Gasteiger partial charge is 0.225 e. The average molecular weight is 481 g/mol. The van der Waals surface area contributed by atoms with Crippen LogP contribution in [-0.4, -0.2) is 79.2 Å². The molecule has 2 aliphatic rings. The maximum absolute atomic E-state index is 12.7. The van der Waals surface area contributed by atoms with Crippen molar-refractivity contribution in [1.29, 1.82) is 0 Å². The molecular weight excluding hydrogens is 448 g/mol. The first kappa shape index (κ1) is 23.5. The van der Waals surface area contributed by atoms with E-state index in [-0.39, 0.29) is 25.2 Å². The van der Waals surface area contributed by atoms with Crippen LogP contribution in [0.2, 0.25) is 0 Å². The van der Waals surface area contributed by atoms with Crippen LogP contribution in [0.1, 0.15) is 38.5 Å². The van der Waals surface area contributed by atoms with Gasteiger partial charge in [0.1, 0.15) is 18.5 Å². The number of hydrogen-bond donors (Lipinski definition) is 3. The summed E-state index contributed by atoms with van der Waals surface area (Å²) in [6, 6.07) is 7.61. The van der Waals surface area contributed by atoms with Crippen molar-refractivity contribution in [3.05, 3.63) is 36.7 Å². The lowest BCUT2D eigenvalue weighted by atomic mass is 9.85. The van der Waals surface area contributed by atoms with Crippen molar-refractivity contribution < 1.29 is 19.7 Å². The second-order valence-electron chi connectivity index (χ2n) is 9.36. The third-order valence-electron chi connectivity index (χ3n) is 6.90. The highest BCUT2D eigenvalue weighted by Crippen LogP contribution is 2.30. The zero-order valence-corrected chi connectivity index (χ0v) is 19.7. The summed E-state index contributed by atoms with van der Waals surface area (Å²) in [5.41, 5.74) is 0.812. The van der Waals surface area contributed by atoms with Gasteiger partial charge in [-0.15, -0.1) is 0 Å². The van der Waals surface area contributed by atoms with Gasteiger partial charge in [-0.25, -0.2) is 9.67 Å². The van der Waals surface area contributed by atoms with Gasteiger partial charge in [-0.1, -0.05) is 6.07 Å². The van der Waals surface area contributed by atoms with Crippen molar-refractivity contribution in [3.63, 3.8) is 0 Å². The molecule has 5 rings (SSSR count). The standard InChI is InChI=1S/C25H32N6O4/c32-15-19(33)16-35-22-5-3-4-21-20(22)14-27-31(21)23-10-11-26-25(29-23)28-18-8-6-17(7-9-18)24(34)30-12-1-2-13-30/h3-5,10-11,14,17-19,32-33H,1-2,6-9,12-13,15-16H2,(H,26,28,29)/t17?,18?,19-/m0/s1. The number of carbonyl (C=O) groups is 1. The van der Waals surface area contributed by atoms with E-state index >= 15 is 0 Å². The third-order valence-corrected chi connectivity index (χ3v) is 6.90. The normalized spacial score (nSPS) is 21.3. The molecule has 1 aromatic carbocycles. The van der Waals surface area contributed by atoms with Crippen LogP contribution in [0.25, 0.3) is 16.7 Å². The van der Waals surface area contributed by atoms with Gasteiger partial charge in [0.15, 0.2) is 5.82 Å². The number of aliphatic hydroxyl groups excluding tert-OH is 2. The lowest BCUT2D eigenvalue weighted by molar-refractivity contribution is -0.135. The minimum absolute atomic E-state index is 0.00571. The summed E-state index contributed by atoms with van der Waals surface area (Å²) >= 11 is 0. The Morgan fingerprint density at radius 2 is 1.97 bits per heavy atom. The number of nitrogens with one attached hydrogen (secondary N) is 1. The monoisotopic (exact) mass is 480 g/mol. The van der Waals surface area contributed by atoms with Gasteiger partial charge in [-0.2, -0.15) is 10.1 Å². The molecule has 0 unspecified atom stereocenters. The van der Waals surface area contributed by atoms with Crippen molar-refractivity contribution in [3.8, 4) is 11.6 Å². The first-order valence-corrected chi connectivity index (χ1v) is 12.4. The van der Waals surface area contributed by atoms with Crippen molar-refractivity contribution in [2.24, 2.45) is 5.92 Å². The van der Waals surface area contributed by atoms with E-state index in [2.05, 4.69) is 20.4 Å². The van der Waals surface area contributed by atoms with Gasteiger partial charge in [-0.3, -0.25) is 4.79 Å². The Morgan fingerprint density at radius 1 is 1.17 bits per heavy atom. The van der Waals surface area contributed by atoms with Gasteiger partial charge < -0.3 is 25.2 Å². The lowest BCUT2D eigenvalue weighted by Gasteiger charge is -2.30. The molecule has 3 aromatic rings. The predicted molar refractivity (Wildman–Crippen MR) is 130 cm³/mol. The number of hydrogen-bond acceptors (Lipinski definition) is 8. The zero-order chi connectivity index (χ0) is 24.2. The summed E-state index contributed by atoms with van der Waals surface area (Å²) in [4.78, 5) is 23.8. The molecule has 1 saturated carbocycles. The van der Waals surface area contributed by atoms with Crippen LogP contribution >= 0.6 is 0 Å². The van der Waals surface area contributed by atoms with Gasteiger partial charge in [0.2, 0.25) is 11.9 Å². The zero-order valence-electron chi connectivity index (χ0n) is 19.7. The molecule has 10 heteroatoms. The molecule has 1 amide bonds. The molecule has 35 heavy (non-hydrogen) atoms. The van der Waals surface area contributed by atoms with Crippen LogP contribution in [0, 0.1) is 5.92 Å². The lowest BCUT2D eigenvalue weighted by Crippen LogP contribution is -2.37. The highest BCUT2D eigenvalue weighted by Gasteiger charge is 2.30. The molecule has 1 atom stereocenters. The number of amides is 1. The van der Waals surface area contributed by atoms with Crippen LogP contribution in [0.3, 0.4) is 0 Å². The molecule has 1 aliphatic carbocycles. The Morgan fingerprint density at radius 3 is 2.74 bits per heavy atom. The Balaban J connectivity index is 1.24. The maximum Gasteiger partial charge on any atom is 0.225 e. The van der Waals surface area contributed by atoms with Gasteiger partial charge >= 0.3 is 0 Å². The van der Waals surface area contributed by atoms with Crippen LogP contribution in [0.4, 0.5) is 5.95 Å². The van der Waals surface area contributed by atoms with E-state index in [1.807, 2.05) is 17.0 Å². The van der Waals surface area contributed by atoms with Crippen molar-refractivity contribution >= 4 is 22.8 Å². The Kier molecular flexibility index (Phi) is 7.10. The molecule has 186 valence electrons. The van der Waals surface area contributed by atoms with Crippen molar-refractivity contribution in [2.75, 3.05) is 31.6 Å². The molecule has 0 spiro atoms. The van der Waals surface area contributed by atoms with E-state index in [4.69, 9.17) is 9.84 Å². The number of nitrogens with zero attached hydrogens (tertiary/aromatic N) is 5. The summed E-state index contributed by atoms with van der Waals surface area (Å²) in [5, 5.41) is 27.3. The summed E-state index contributed by atoms with van der Waals surface area (Å²) in [6.07, 6.45) is 8.35. The van der Waals surface area contributed by atoms with Crippen LogP contribution < -0.4 is 10.1 Å². The number of carbonyl (C=O) groups excluding carboxylic acids is 1. The predicted octanol–water partition coefficient (Wildman–Crippen LogP) is 2.14. The van der Waals surface area contributed by atoms with E-state index in [0.29, 0.717) is 23.4 Å².